The number of likely N-dealkylation sites (N-methyl/N-ethyl adjacent to an activating group) is 1. The minimum Gasteiger partial charge on any atom is -0.488 e. The van der Waals surface area contributed by atoms with Crippen LogP contribution in [0.4, 0.5) is 5.69 Å². The highest BCUT2D eigenvalue weighted by Gasteiger charge is 2.31. The molecule has 0 bridgehead atoms. The Morgan fingerprint density at radius 2 is 1.85 bits per heavy atom. The molecule has 222 valence electrons. The summed E-state index contributed by atoms with van der Waals surface area (Å²) in [6, 6.07) is 11.3. The Morgan fingerprint density at radius 3 is 2.63 bits per heavy atom. The molecule has 3 atom stereocenters. The average Bonchev–Trinajstić information content (AvgIpc) is 3.45. The van der Waals surface area contributed by atoms with Crippen molar-refractivity contribution in [2.24, 2.45) is 11.8 Å². The van der Waals surface area contributed by atoms with E-state index in [0.717, 1.165) is 48.3 Å². The van der Waals surface area contributed by atoms with E-state index >= 15 is 0 Å². The Hall–Kier alpha value is -3.30. The molecule has 9 heteroatoms. The van der Waals surface area contributed by atoms with Gasteiger partial charge in [-0.25, -0.2) is 0 Å². The molecular formula is C32H43N3O6. The van der Waals surface area contributed by atoms with Crippen LogP contribution in [0.5, 0.6) is 17.2 Å². The van der Waals surface area contributed by atoms with E-state index < -0.39 is 0 Å². The molecule has 2 amide bonds. The third-order valence-corrected chi connectivity index (χ3v) is 8.54. The van der Waals surface area contributed by atoms with Gasteiger partial charge in [-0.05, 0) is 62.7 Å². The summed E-state index contributed by atoms with van der Waals surface area (Å²) in [7, 11) is 2.05. The fraction of sp³-hybridized carbons (Fsp3) is 0.562. The largest absolute Gasteiger partial charge is 0.488 e. The monoisotopic (exact) mass is 565 g/mol. The molecule has 0 unspecified atom stereocenters. The zero-order valence-corrected chi connectivity index (χ0v) is 24.4. The maximum atomic E-state index is 13.5. The number of aliphatic hydroxyl groups excluding tert-OH is 1. The SMILES string of the molecule is C[C@H]1CN([C@@H](C)CO)C(=O)Cc2cc(NC(=O)C3CCCCC3)ccc2O[C@@H]1CN(C)Cc1ccc2c(c1)OCO2. The molecule has 41 heavy (non-hydrogen) atoms. The van der Waals surface area contributed by atoms with Crippen molar-refractivity contribution in [2.45, 2.75) is 71.1 Å². The molecule has 9 nitrogen and oxygen atoms in total. The van der Waals surface area contributed by atoms with Gasteiger partial charge in [0.25, 0.3) is 0 Å². The number of carbonyl (C=O) groups excluding carboxylic acids is 2. The summed E-state index contributed by atoms with van der Waals surface area (Å²) in [6.07, 6.45) is 5.14. The lowest BCUT2D eigenvalue weighted by Crippen LogP contribution is -2.47. The number of anilines is 1. The Bertz CT molecular complexity index is 1230. The van der Waals surface area contributed by atoms with Gasteiger partial charge < -0.3 is 29.5 Å². The van der Waals surface area contributed by atoms with Gasteiger partial charge in [-0.3, -0.25) is 14.5 Å². The molecule has 2 aromatic carbocycles. The van der Waals surface area contributed by atoms with Crippen LogP contribution < -0.4 is 19.5 Å². The lowest BCUT2D eigenvalue weighted by molar-refractivity contribution is -0.134. The van der Waals surface area contributed by atoms with Gasteiger partial charge in [0, 0.05) is 42.7 Å². The number of amides is 2. The zero-order valence-electron chi connectivity index (χ0n) is 24.4. The van der Waals surface area contributed by atoms with E-state index in [1.807, 2.05) is 43.3 Å². The summed E-state index contributed by atoms with van der Waals surface area (Å²) in [5.41, 5.74) is 2.53. The van der Waals surface area contributed by atoms with Gasteiger partial charge in [-0.1, -0.05) is 32.3 Å². The number of nitrogens with zero attached hydrogens (tertiary/aromatic N) is 2. The van der Waals surface area contributed by atoms with Gasteiger partial charge in [0.05, 0.1) is 19.1 Å². The molecule has 1 fully saturated rings. The van der Waals surface area contributed by atoms with Crippen LogP contribution in [0.1, 0.15) is 57.1 Å². The summed E-state index contributed by atoms with van der Waals surface area (Å²) in [4.78, 5) is 30.4. The number of rotatable bonds is 8. The highest BCUT2D eigenvalue weighted by molar-refractivity contribution is 5.93. The normalized spacial score (nSPS) is 21.9. The molecule has 0 aromatic heterocycles. The van der Waals surface area contributed by atoms with Crippen LogP contribution in [0.2, 0.25) is 0 Å². The Morgan fingerprint density at radius 1 is 1.10 bits per heavy atom. The lowest BCUT2D eigenvalue weighted by atomic mass is 9.88. The summed E-state index contributed by atoms with van der Waals surface area (Å²) >= 11 is 0. The lowest BCUT2D eigenvalue weighted by Gasteiger charge is -2.34. The van der Waals surface area contributed by atoms with Crippen molar-refractivity contribution in [1.82, 2.24) is 9.80 Å². The number of carbonyl (C=O) groups is 2. The fourth-order valence-electron chi connectivity index (χ4n) is 6.06. The van der Waals surface area contributed by atoms with Gasteiger partial charge >= 0.3 is 0 Å². The van der Waals surface area contributed by atoms with E-state index in [0.29, 0.717) is 31.1 Å². The van der Waals surface area contributed by atoms with Crippen molar-refractivity contribution in [3.05, 3.63) is 47.5 Å². The van der Waals surface area contributed by atoms with Crippen LogP contribution in [-0.2, 0) is 22.6 Å². The van der Waals surface area contributed by atoms with Crippen LogP contribution in [0, 0.1) is 11.8 Å². The molecule has 1 aliphatic carbocycles. The minimum atomic E-state index is -0.312. The van der Waals surface area contributed by atoms with Crippen molar-refractivity contribution in [2.75, 3.05) is 38.9 Å². The summed E-state index contributed by atoms with van der Waals surface area (Å²) in [5.74, 6) is 2.21. The van der Waals surface area contributed by atoms with E-state index in [1.54, 1.807) is 4.90 Å². The third-order valence-electron chi connectivity index (χ3n) is 8.54. The van der Waals surface area contributed by atoms with Crippen molar-refractivity contribution in [1.29, 1.82) is 0 Å². The number of benzene rings is 2. The maximum Gasteiger partial charge on any atom is 0.231 e. The predicted molar refractivity (Wildman–Crippen MR) is 156 cm³/mol. The van der Waals surface area contributed by atoms with Gasteiger partial charge in [0.1, 0.15) is 11.9 Å². The number of nitrogens with one attached hydrogen (secondary N) is 1. The van der Waals surface area contributed by atoms with Crippen LogP contribution >= 0.6 is 0 Å². The molecule has 0 spiro atoms. The Labute approximate surface area is 242 Å². The highest BCUT2D eigenvalue weighted by atomic mass is 16.7. The standard InChI is InChI=1S/C32H43N3O6/c1-21-16-35(22(2)19-36)31(37)15-25-14-26(33-32(38)24-7-5-4-6-8-24)10-12-27(25)41-30(21)18-34(3)17-23-9-11-28-29(13-23)40-20-39-28/h9-14,21-22,24,30,36H,4-8,15-20H2,1-3H3,(H,33,38)/t21-,22-,30+/m0/s1. The second-order valence-corrected chi connectivity index (χ2v) is 11.9. The van der Waals surface area contributed by atoms with E-state index in [9.17, 15) is 14.7 Å². The first-order chi connectivity index (χ1) is 19.8. The number of hydrogen-bond acceptors (Lipinski definition) is 7. The molecule has 5 rings (SSSR count). The van der Waals surface area contributed by atoms with E-state index in [4.69, 9.17) is 14.2 Å². The third kappa shape index (κ3) is 7.13. The first-order valence-electron chi connectivity index (χ1n) is 14.9. The molecule has 1 saturated carbocycles. The Balaban J connectivity index is 1.35. The molecular weight excluding hydrogens is 522 g/mol. The maximum absolute atomic E-state index is 13.5. The highest BCUT2D eigenvalue weighted by Crippen LogP contribution is 2.33. The first-order valence-corrected chi connectivity index (χ1v) is 14.9. The fourth-order valence-corrected chi connectivity index (χ4v) is 6.06. The van der Waals surface area contributed by atoms with Gasteiger partial charge in [-0.15, -0.1) is 0 Å². The summed E-state index contributed by atoms with van der Waals surface area (Å²) in [6.45, 7) is 5.89. The quantitative estimate of drug-likeness (QED) is 0.495. The Kier molecular flexibility index (Phi) is 9.35. The van der Waals surface area contributed by atoms with Crippen molar-refractivity contribution >= 4 is 17.5 Å². The second-order valence-electron chi connectivity index (χ2n) is 11.9. The molecule has 0 saturated heterocycles. The predicted octanol–water partition coefficient (Wildman–Crippen LogP) is 4.22. The molecule has 0 radical (unpaired) electrons. The molecule has 2 aromatic rings. The minimum absolute atomic E-state index is 0.00350. The van der Waals surface area contributed by atoms with E-state index in [-0.39, 0.29) is 55.6 Å². The van der Waals surface area contributed by atoms with Crippen LogP contribution in [-0.4, -0.2) is 72.4 Å². The van der Waals surface area contributed by atoms with E-state index in [1.165, 1.54) is 6.42 Å². The molecule has 2 heterocycles. The number of fused-ring (bicyclic) bond motifs is 2. The first kappa shape index (κ1) is 29.2. The topological polar surface area (TPSA) is 101 Å². The number of aliphatic hydroxyl groups is 1. The van der Waals surface area contributed by atoms with Gasteiger partial charge in [-0.2, -0.15) is 0 Å². The molecule has 3 aliphatic rings. The van der Waals surface area contributed by atoms with Crippen molar-refractivity contribution in [3.8, 4) is 17.2 Å². The van der Waals surface area contributed by atoms with E-state index in [2.05, 4.69) is 24.2 Å². The second kappa shape index (κ2) is 13.1. The van der Waals surface area contributed by atoms with Crippen LogP contribution in [0.25, 0.3) is 0 Å². The van der Waals surface area contributed by atoms with Crippen LogP contribution in [0.15, 0.2) is 36.4 Å². The molecule has 2 N–H and O–H groups in total. The number of hydrogen-bond donors (Lipinski definition) is 2. The van der Waals surface area contributed by atoms with Crippen molar-refractivity contribution in [3.63, 3.8) is 0 Å². The number of ether oxygens (including phenoxy) is 3. The van der Waals surface area contributed by atoms with Gasteiger partial charge in [0.15, 0.2) is 11.5 Å². The van der Waals surface area contributed by atoms with Gasteiger partial charge in [0.2, 0.25) is 18.6 Å². The average molecular weight is 566 g/mol. The summed E-state index contributed by atoms with van der Waals surface area (Å²) < 4.78 is 17.6. The zero-order chi connectivity index (χ0) is 28.9. The summed E-state index contributed by atoms with van der Waals surface area (Å²) in [5, 5.41) is 13.0. The van der Waals surface area contributed by atoms with Crippen molar-refractivity contribution < 1.29 is 28.9 Å². The smallest absolute Gasteiger partial charge is 0.231 e. The molecule has 2 aliphatic heterocycles. The van der Waals surface area contributed by atoms with Crippen LogP contribution in [0.3, 0.4) is 0 Å².